The third kappa shape index (κ3) is 6.77. The molecular formula is C23H22Cl2F3N3O3S2. The van der Waals surface area contributed by atoms with E-state index in [9.17, 15) is 21.6 Å². The molecule has 1 atom stereocenters. The molecule has 0 spiro atoms. The first-order valence-corrected chi connectivity index (χ1v) is 13.7. The molecule has 2 aromatic heterocycles. The predicted molar refractivity (Wildman–Crippen MR) is 135 cm³/mol. The fourth-order valence-electron chi connectivity index (χ4n) is 3.24. The van der Waals surface area contributed by atoms with Gasteiger partial charge in [-0.3, -0.25) is 4.98 Å². The SMILES string of the molecule is CCN(CC)S(=O)(=O)c1ccc([C@@H](/C=N/OCc2ccc(Cl)cc2)c2ncc(C(F)(F)F)cc2Cl)s1. The van der Waals surface area contributed by atoms with E-state index in [1.807, 2.05) is 0 Å². The minimum atomic E-state index is -4.62. The van der Waals surface area contributed by atoms with E-state index in [0.29, 0.717) is 29.2 Å². The van der Waals surface area contributed by atoms with Crippen LogP contribution >= 0.6 is 34.5 Å². The van der Waals surface area contributed by atoms with Gasteiger partial charge < -0.3 is 4.84 Å². The molecule has 36 heavy (non-hydrogen) atoms. The Hall–Kier alpha value is -2.18. The number of benzene rings is 1. The first-order chi connectivity index (χ1) is 17.0. The Bertz CT molecular complexity index is 1310. The number of hydrogen-bond donors (Lipinski definition) is 0. The number of alkyl halides is 3. The zero-order valence-corrected chi connectivity index (χ0v) is 22.3. The van der Waals surface area contributed by atoms with Crippen LogP contribution in [-0.4, -0.2) is 37.0 Å². The molecule has 3 rings (SSSR count). The molecule has 0 radical (unpaired) electrons. The summed E-state index contributed by atoms with van der Waals surface area (Å²) in [6.07, 6.45) is -2.61. The maximum absolute atomic E-state index is 13.1. The van der Waals surface area contributed by atoms with Crippen LogP contribution in [0.4, 0.5) is 13.2 Å². The summed E-state index contributed by atoms with van der Waals surface area (Å²) in [6, 6.07) is 10.7. The highest BCUT2D eigenvalue weighted by atomic mass is 35.5. The molecule has 0 bridgehead atoms. The van der Waals surface area contributed by atoms with E-state index in [4.69, 9.17) is 28.0 Å². The third-order valence-electron chi connectivity index (χ3n) is 5.13. The van der Waals surface area contributed by atoms with Crippen molar-refractivity contribution in [2.45, 2.75) is 36.8 Å². The van der Waals surface area contributed by atoms with E-state index >= 15 is 0 Å². The van der Waals surface area contributed by atoms with Gasteiger partial charge in [0.05, 0.1) is 28.4 Å². The molecule has 0 unspecified atom stereocenters. The summed E-state index contributed by atoms with van der Waals surface area (Å²) in [5.74, 6) is -0.851. The summed E-state index contributed by atoms with van der Waals surface area (Å²) in [5.41, 5.74) is -0.124. The summed E-state index contributed by atoms with van der Waals surface area (Å²) < 4.78 is 66.6. The van der Waals surface area contributed by atoms with Crippen LogP contribution in [0.5, 0.6) is 0 Å². The Kier molecular flexibility index (Phi) is 9.39. The topological polar surface area (TPSA) is 71.9 Å². The minimum Gasteiger partial charge on any atom is -0.391 e. The van der Waals surface area contributed by atoms with Gasteiger partial charge in [-0.2, -0.15) is 17.5 Å². The summed E-state index contributed by atoms with van der Waals surface area (Å²) in [5, 5.41) is 4.29. The average Bonchev–Trinajstić information content (AvgIpc) is 3.32. The summed E-state index contributed by atoms with van der Waals surface area (Å²) in [6.45, 7) is 4.16. The summed E-state index contributed by atoms with van der Waals surface area (Å²) >= 11 is 13.0. The average molecular weight is 580 g/mol. The number of rotatable bonds is 10. The van der Waals surface area contributed by atoms with Gasteiger partial charge in [-0.1, -0.05) is 54.3 Å². The van der Waals surface area contributed by atoms with E-state index in [1.165, 1.54) is 16.6 Å². The molecule has 194 valence electrons. The van der Waals surface area contributed by atoms with E-state index in [1.54, 1.807) is 44.2 Å². The van der Waals surface area contributed by atoms with Crippen molar-refractivity contribution < 1.29 is 26.4 Å². The van der Waals surface area contributed by atoms with Crippen molar-refractivity contribution in [3.05, 3.63) is 80.4 Å². The van der Waals surface area contributed by atoms with E-state index < -0.39 is 27.7 Å². The van der Waals surface area contributed by atoms with Crippen LogP contribution in [-0.2, 0) is 27.6 Å². The smallest absolute Gasteiger partial charge is 0.391 e. The summed E-state index contributed by atoms with van der Waals surface area (Å²) in [7, 11) is -3.73. The van der Waals surface area contributed by atoms with Crippen LogP contribution in [0.1, 0.15) is 41.5 Å². The molecule has 0 saturated heterocycles. The van der Waals surface area contributed by atoms with E-state index in [-0.39, 0.29) is 21.5 Å². The molecule has 0 saturated carbocycles. The molecule has 0 aliphatic rings. The second-order valence-corrected chi connectivity index (χ2v) is 11.6. The Morgan fingerprint density at radius 3 is 2.39 bits per heavy atom. The van der Waals surface area contributed by atoms with Crippen molar-refractivity contribution in [3.8, 4) is 0 Å². The standard InChI is InChI=1S/C23H22Cl2F3N3O3S2/c1-3-31(4-2)36(32,33)21-10-9-20(35-21)18(13-30-34-14-15-5-7-17(24)8-6-15)22-19(25)11-16(12-29-22)23(26,27)28/h5-13,18H,3-4,14H2,1-2H3/b30-13+/t18-/m1/s1. The quantitative estimate of drug-likeness (QED) is 0.195. The minimum absolute atomic E-state index is 0.0807. The first-order valence-electron chi connectivity index (χ1n) is 10.7. The second kappa shape index (κ2) is 11.9. The number of pyridine rings is 1. The van der Waals surface area contributed by atoms with Gasteiger partial charge in [0.15, 0.2) is 0 Å². The largest absolute Gasteiger partial charge is 0.417 e. The van der Waals surface area contributed by atoms with Crippen LogP contribution in [0.25, 0.3) is 0 Å². The molecule has 0 fully saturated rings. The Balaban J connectivity index is 1.95. The van der Waals surface area contributed by atoms with Gasteiger partial charge in [-0.25, -0.2) is 8.42 Å². The summed E-state index contributed by atoms with van der Waals surface area (Å²) in [4.78, 5) is 9.76. The predicted octanol–water partition coefficient (Wildman–Crippen LogP) is 6.83. The molecule has 0 N–H and O–H groups in total. The maximum Gasteiger partial charge on any atom is 0.417 e. The first kappa shape index (κ1) is 28.4. The number of nitrogens with zero attached hydrogens (tertiary/aromatic N) is 3. The molecule has 0 aliphatic carbocycles. The van der Waals surface area contributed by atoms with Gasteiger partial charge in [0, 0.05) is 29.2 Å². The zero-order valence-electron chi connectivity index (χ0n) is 19.2. The van der Waals surface area contributed by atoms with Crippen molar-refractivity contribution >= 4 is 50.8 Å². The van der Waals surface area contributed by atoms with Crippen LogP contribution in [0.15, 0.2) is 58.0 Å². The molecule has 13 heteroatoms. The number of aromatic nitrogens is 1. The maximum atomic E-state index is 13.1. The molecule has 0 aliphatic heterocycles. The van der Waals surface area contributed by atoms with Gasteiger partial charge in [0.25, 0.3) is 10.0 Å². The number of halogens is 5. The fourth-order valence-corrected chi connectivity index (χ4v) is 6.65. The number of hydrogen-bond acceptors (Lipinski definition) is 6. The Morgan fingerprint density at radius 2 is 1.81 bits per heavy atom. The number of thiophene rings is 1. The van der Waals surface area contributed by atoms with Gasteiger partial charge in [0.2, 0.25) is 0 Å². The highest BCUT2D eigenvalue weighted by Gasteiger charge is 2.33. The lowest BCUT2D eigenvalue weighted by Gasteiger charge is -2.17. The van der Waals surface area contributed by atoms with Crippen molar-refractivity contribution in [1.29, 1.82) is 0 Å². The van der Waals surface area contributed by atoms with Crippen molar-refractivity contribution in [2.75, 3.05) is 13.1 Å². The van der Waals surface area contributed by atoms with Crippen molar-refractivity contribution in [3.63, 3.8) is 0 Å². The molecule has 6 nitrogen and oxygen atoms in total. The van der Waals surface area contributed by atoms with Crippen LogP contribution < -0.4 is 0 Å². The van der Waals surface area contributed by atoms with Crippen molar-refractivity contribution in [2.24, 2.45) is 5.16 Å². The lowest BCUT2D eigenvalue weighted by molar-refractivity contribution is -0.137. The number of sulfonamides is 1. The molecular weight excluding hydrogens is 558 g/mol. The highest BCUT2D eigenvalue weighted by Crippen LogP contribution is 2.37. The monoisotopic (exact) mass is 579 g/mol. The van der Waals surface area contributed by atoms with Gasteiger partial charge in [0.1, 0.15) is 10.8 Å². The van der Waals surface area contributed by atoms with Crippen LogP contribution in [0.3, 0.4) is 0 Å². The highest BCUT2D eigenvalue weighted by molar-refractivity contribution is 7.91. The Labute approximate surface area is 221 Å². The van der Waals surface area contributed by atoms with Crippen molar-refractivity contribution in [1.82, 2.24) is 9.29 Å². The van der Waals surface area contributed by atoms with Crippen LogP contribution in [0, 0.1) is 0 Å². The lowest BCUT2D eigenvalue weighted by Crippen LogP contribution is -2.29. The molecule has 2 heterocycles. The van der Waals surface area contributed by atoms with Gasteiger partial charge in [-0.15, -0.1) is 11.3 Å². The normalized spacial score (nSPS) is 13.4. The lowest BCUT2D eigenvalue weighted by atomic mass is 10.0. The number of oxime groups is 1. The van der Waals surface area contributed by atoms with E-state index in [2.05, 4.69) is 10.1 Å². The Morgan fingerprint density at radius 1 is 1.14 bits per heavy atom. The molecule has 0 amide bonds. The second-order valence-electron chi connectivity index (χ2n) is 7.47. The van der Waals surface area contributed by atoms with Gasteiger partial charge in [-0.05, 0) is 35.9 Å². The molecule has 1 aromatic carbocycles. The third-order valence-corrected chi connectivity index (χ3v) is 9.37. The van der Waals surface area contributed by atoms with Gasteiger partial charge >= 0.3 is 6.18 Å². The van der Waals surface area contributed by atoms with Crippen LogP contribution in [0.2, 0.25) is 10.0 Å². The molecule has 3 aromatic rings. The van der Waals surface area contributed by atoms with E-state index in [0.717, 1.165) is 23.0 Å². The zero-order chi connectivity index (χ0) is 26.5. The fraction of sp³-hybridized carbons (Fsp3) is 0.304.